The van der Waals surface area contributed by atoms with E-state index in [9.17, 15) is 18.8 Å². The third kappa shape index (κ3) is 6.93. The van der Waals surface area contributed by atoms with Crippen LogP contribution in [0.5, 0.6) is 0 Å². The second-order valence-electron chi connectivity index (χ2n) is 6.78. The van der Waals surface area contributed by atoms with E-state index >= 15 is 0 Å². The first-order valence-electron chi connectivity index (χ1n) is 10.0. The Bertz CT molecular complexity index is 958. The predicted octanol–water partition coefficient (Wildman–Crippen LogP) is 4.29. The van der Waals surface area contributed by atoms with Gasteiger partial charge >= 0.3 is 15.2 Å². The molecule has 12 heteroatoms. The fraction of sp³-hybridized carbons (Fsp3) is 0.526. The Morgan fingerprint density at radius 1 is 1.23 bits per heavy atom. The van der Waals surface area contributed by atoms with Crippen molar-refractivity contribution in [1.82, 2.24) is 10.3 Å². The van der Waals surface area contributed by atoms with Gasteiger partial charge in [0.25, 0.3) is 0 Å². The van der Waals surface area contributed by atoms with E-state index < -0.39 is 32.7 Å². The molecule has 31 heavy (non-hydrogen) atoms. The van der Waals surface area contributed by atoms with Crippen LogP contribution >= 0.6 is 27.8 Å². The summed E-state index contributed by atoms with van der Waals surface area (Å²) in [6.07, 6.45) is 1.81. The van der Waals surface area contributed by atoms with E-state index in [-0.39, 0.29) is 26.1 Å². The van der Waals surface area contributed by atoms with Crippen molar-refractivity contribution in [2.75, 3.05) is 19.0 Å². The molecule has 1 aromatic carbocycles. The summed E-state index contributed by atoms with van der Waals surface area (Å²) in [7, 11) is -8.36. The average Bonchev–Trinajstić information content (AvgIpc) is 3.11. The Hall–Kier alpha value is -1.12. The van der Waals surface area contributed by atoms with E-state index in [1.165, 1.54) is 6.92 Å². The van der Waals surface area contributed by atoms with Crippen molar-refractivity contribution < 1.29 is 32.4 Å². The summed E-state index contributed by atoms with van der Waals surface area (Å²) < 4.78 is 42.8. The average molecular weight is 492 g/mol. The molecular weight excluding hydrogens is 462 g/mol. The molecule has 1 heterocycles. The number of benzene rings is 1. The van der Waals surface area contributed by atoms with Gasteiger partial charge in [0.1, 0.15) is 5.78 Å². The molecule has 0 bridgehead atoms. The van der Waals surface area contributed by atoms with Gasteiger partial charge in [-0.3, -0.25) is 18.4 Å². The van der Waals surface area contributed by atoms with Crippen molar-refractivity contribution in [1.29, 1.82) is 0 Å². The van der Waals surface area contributed by atoms with Gasteiger partial charge in [0.15, 0.2) is 5.85 Å². The molecule has 9 nitrogen and oxygen atoms in total. The topological polar surface area (TPSA) is 127 Å². The summed E-state index contributed by atoms with van der Waals surface area (Å²) in [5, 5.41) is 3.29. The van der Waals surface area contributed by atoms with Gasteiger partial charge in [-0.2, -0.15) is 12.6 Å². The molecule has 174 valence electrons. The molecular formula is C19H30N2O7P2S. The molecule has 2 rings (SSSR count). The fourth-order valence-electron chi connectivity index (χ4n) is 3.01. The van der Waals surface area contributed by atoms with Gasteiger partial charge < -0.3 is 24.2 Å². The maximum Gasteiger partial charge on any atom is 0.360 e. The zero-order valence-electron chi connectivity index (χ0n) is 17.8. The lowest BCUT2D eigenvalue weighted by Gasteiger charge is -2.30. The van der Waals surface area contributed by atoms with Gasteiger partial charge in [0, 0.05) is 29.9 Å². The van der Waals surface area contributed by atoms with Crippen LogP contribution in [0.1, 0.15) is 32.8 Å². The van der Waals surface area contributed by atoms with Crippen molar-refractivity contribution in [3.63, 3.8) is 0 Å². The number of carbonyl (C=O) groups excluding carboxylic acids is 1. The van der Waals surface area contributed by atoms with Gasteiger partial charge in [-0.25, -0.2) is 0 Å². The molecule has 0 aliphatic rings. The molecule has 0 saturated heterocycles. The number of nitrogens with one attached hydrogen (secondary N) is 2. The predicted molar refractivity (Wildman–Crippen MR) is 124 cm³/mol. The largest absolute Gasteiger partial charge is 0.361 e. The second kappa shape index (κ2) is 11.7. The van der Waals surface area contributed by atoms with E-state index in [0.717, 1.165) is 16.5 Å². The Balaban J connectivity index is 2.36. The van der Waals surface area contributed by atoms with E-state index in [2.05, 4.69) is 22.9 Å². The SMILES string of the molecule is CCOP(=O)(OCC)C(Cc1c[nH]c2ccccc12)OP(=O)(O)[C@H](C)NC(=O)CCS. The van der Waals surface area contributed by atoms with Crippen molar-refractivity contribution in [3.05, 3.63) is 36.0 Å². The summed E-state index contributed by atoms with van der Waals surface area (Å²) in [5.74, 6) is -2.72. The molecule has 2 unspecified atom stereocenters. The number of para-hydroxylation sites is 1. The molecule has 0 spiro atoms. The lowest BCUT2D eigenvalue weighted by molar-refractivity contribution is -0.120. The van der Waals surface area contributed by atoms with Crippen LogP contribution in [0.25, 0.3) is 10.9 Å². The fourth-order valence-corrected chi connectivity index (χ4v) is 6.54. The quantitative estimate of drug-likeness (QED) is 0.243. The first kappa shape index (κ1) is 26.1. The highest BCUT2D eigenvalue weighted by Gasteiger charge is 2.44. The van der Waals surface area contributed by atoms with Gasteiger partial charge in [-0.15, -0.1) is 0 Å². The number of carbonyl (C=O) groups is 1. The van der Waals surface area contributed by atoms with Crippen molar-refractivity contribution in [2.45, 2.75) is 45.2 Å². The van der Waals surface area contributed by atoms with Crippen LogP contribution < -0.4 is 5.32 Å². The Kier molecular flexibility index (Phi) is 9.83. The Morgan fingerprint density at radius 2 is 1.87 bits per heavy atom. The van der Waals surface area contributed by atoms with E-state index in [1.807, 2.05) is 24.3 Å². The number of thiol groups is 1. The van der Waals surface area contributed by atoms with Crippen molar-refractivity contribution in [3.8, 4) is 0 Å². The second-order valence-corrected chi connectivity index (χ2v) is 11.5. The third-order valence-corrected chi connectivity index (χ3v) is 8.80. The molecule has 1 amide bonds. The van der Waals surface area contributed by atoms with Crippen molar-refractivity contribution in [2.24, 2.45) is 0 Å². The number of hydrogen-bond acceptors (Lipinski definition) is 7. The van der Waals surface area contributed by atoms with Crippen LogP contribution in [0.3, 0.4) is 0 Å². The lowest BCUT2D eigenvalue weighted by atomic mass is 10.1. The van der Waals surface area contributed by atoms with Crippen LogP contribution in [-0.4, -0.2) is 46.4 Å². The Labute approximate surface area is 187 Å². The third-order valence-electron chi connectivity index (χ3n) is 4.51. The number of aromatic nitrogens is 1. The summed E-state index contributed by atoms with van der Waals surface area (Å²) in [4.78, 5) is 25.5. The molecule has 2 aromatic rings. The Morgan fingerprint density at radius 3 is 2.48 bits per heavy atom. The minimum Gasteiger partial charge on any atom is -0.361 e. The van der Waals surface area contributed by atoms with Gasteiger partial charge in [-0.05, 0) is 38.2 Å². The minimum absolute atomic E-state index is 0.00312. The number of amides is 1. The van der Waals surface area contributed by atoms with E-state index in [4.69, 9.17) is 13.6 Å². The molecule has 0 fully saturated rings. The number of hydrogen-bond donors (Lipinski definition) is 4. The monoisotopic (exact) mass is 492 g/mol. The number of H-pyrrole nitrogens is 1. The van der Waals surface area contributed by atoms with Crippen LogP contribution in [0.4, 0.5) is 0 Å². The molecule has 0 saturated carbocycles. The van der Waals surface area contributed by atoms with Crippen LogP contribution in [0.15, 0.2) is 30.5 Å². The zero-order valence-corrected chi connectivity index (χ0v) is 20.5. The van der Waals surface area contributed by atoms with Crippen LogP contribution in [0.2, 0.25) is 0 Å². The standard InChI is InChI=1S/C19H30N2O7P2S/c1-4-26-30(25,27-5-2)19(12-15-13-20-17-9-7-6-8-16(15)17)28-29(23,24)14(3)21-18(22)10-11-31/h6-9,13-14,19-20,31H,4-5,10-12H2,1-3H3,(H,21,22)(H,23,24)/t14-,19?/m1/s1. The van der Waals surface area contributed by atoms with Crippen LogP contribution in [0, 0.1) is 0 Å². The summed E-state index contributed by atoms with van der Waals surface area (Å²) in [6.45, 7) is 4.77. The summed E-state index contributed by atoms with van der Waals surface area (Å²) >= 11 is 3.98. The molecule has 3 atom stereocenters. The number of fused-ring (bicyclic) bond motifs is 1. The van der Waals surface area contributed by atoms with Crippen LogP contribution in [-0.2, 0) is 33.9 Å². The highest BCUT2D eigenvalue weighted by Crippen LogP contribution is 2.61. The molecule has 0 radical (unpaired) electrons. The summed E-state index contributed by atoms with van der Waals surface area (Å²) in [6, 6.07) is 7.49. The maximum atomic E-state index is 13.5. The minimum atomic E-state index is -4.44. The normalized spacial score (nSPS) is 16.0. The highest BCUT2D eigenvalue weighted by molar-refractivity contribution is 7.80. The first-order chi connectivity index (χ1) is 14.7. The van der Waals surface area contributed by atoms with E-state index in [1.54, 1.807) is 20.0 Å². The number of rotatable bonds is 13. The molecule has 0 aliphatic carbocycles. The van der Waals surface area contributed by atoms with Gasteiger partial charge in [-0.1, -0.05) is 18.2 Å². The number of aromatic amines is 1. The van der Waals surface area contributed by atoms with Gasteiger partial charge in [0.05, 0.1) is 13.2 Å². The maximum absolute atomic E-state index is 13.5. The highest BCUT2D eigenvalue weighted by atomic mass is 32.1. The van der Waals surface area contributed by atoms with Gasteiger partial charge in [0.2, 0.25) is 5.91 Å². The zero-order chi connectivity index (χ0) is 23.1. The molecule has 3 N–H and O–H groups in total. The van der Waals surface area contributed by atoms with Crippen molar-refractivity contribution >= 4 is 44.6 Å². The first-order valence-corrected chi connectivity index (χ1v) is 13.9. The molecule has 0 aliphatic heterocycles. The lowest BCUT2D eigenvalue weighted by Crippen LogP contribution is -2.34. The van der Waals surface area contributed by atoms with E-state index in [0.29, 0.717) is 5.75 Å². The summed E-state index contributed by atoms with van der Waals surface area (Å²) in [5.41, 5.74) is 1.59. The molecule has 1 aromatic heterocycles. The smallest absolute Gasteiger partial charge is 0.360 e.